The standard InChI is InChI=1S/C13H22N2O5/c1-8(14-10(17)12(2,3)4)9(16)15-13(11(18)19)5-6-20-7-13/h8H,5-7H2,1-4H3,(H,14,17)(H,15,16)(H,18,19). The van der Waals surface area contributed by atoms with Crippen molar-refractivity contribution in [2.24, 2.45) is 5.41 Å². The van der Waals surface area contributed by atoms with E-state index in [1.807, 2.05) is 0 Å². The third-order valence-corrected chi connectivity index (χ3v) is 3.22. The fourth-order valence-electron chi connectivity index (χ4n) is 1.71. The number of carboxylic acid groups (broad SMARTS) is 1. The highest BCUT2D eigenvalue weighted by atomic mass is 16.5. The number of carbonyl (C=O) groups is 3. The van der Waals surface area contributed by atoms with E-state index in [0.717, 1.165) is 0 Å². The Morgan fingerprint density at radius 2 is 1.90 bits per heavy atom. The van der Waals surface area contributed by atoms with E-state index in [9.17, 15) is 19.5 Å². The molecule has 0 saturated carbocycles. The highest BCUT2D eigenvalue weighted by molar-refractivity contribution is 5.93. The van der Waals surface area contributed by atoms with Crippen LogP contribution in [0.25, 0.3) is 0 Å². The molecule has 0 radical (unpaired) electrons. The first-order chi connectivity index (χ1) is 9.08. The van der Waals surface area contributed by atoms with Gasteiger partial charge in [-0.05, 0) is 6.92 Å². The number of amides is 2. The van der Waals surface area contributed by atoms with Crippen molar-refractivity contribution >= 4 is 17.8 Å². The summed E-state index contributed by atoms with van der Waals surface area (Å²) in [5, 5.41) is 14.3. The summed E-state index contributed by atoms with van der Waals surface area (Å²) in [7, 11) is 0. The second-order valence-corrected chi connectivity index (χ2v) is 6.12. The number of nitrogens with one attached hydrogen (secondary N) is 2. The molecule has 0 aromatic heterocycles. The van der Waals surface area contributed by atoms with Crippen molar-refractivity contribution in [1.82, 2.24) is 10.6 Å². The van der Waals surface area contributed by atoms with Crippen molar-refractivity contribution in [1.29, 1.82) is 0 Å². The number of rotatable bonds is 4. The van der Waals surface area contributed by atoms with Crippen molar-refractivity contribution in [2.45, 2.75) is 45.7 Å². The molecule has 2 amide bonds. The van der Waals surface area contributed by atoms with Crippen LogP contribution in [0.4, 0.5) is 0 Å². The van der Waals surface area contributed by atoms with Gasteiger partial charge in [-0.2, -0.15) is 0 Å². The van der Waals surface area contributed by atoms with Crippen LogP contribution in [0.3, 0.4) is 0 Å². The van der Waals surface area contributed by atoms with Crippen molar-refractivity contribution in [3.63, 3.8) is 0 Å². The molecule has 1 aliphatic rings. The van der Waals surface area contributed by atoms with Gasteiger partial charge in [0.05, 0.1) is 6.61 Å². The number of hydrogen-bond acceptors (Lipinski definition) is 4. The Morgan fingerprint density at radius 1 is 1.30 bits per heavy atom. The Hall–Kier alpha value is -1.63. The molecular weight excluding hydrogens is 264 g/mol. The van der Waals surface area contributed by atoms with Crippen LogP contribution in [0, 0.1) is 5.41 Å². The summed E-state index contributed by atoms with van der Waals surface area (Å²) in [5.74, 6) is -1.93. The zero-order chi connectivity index (χ0) is 15.6. The van der Waals surface area contributed by atoms with Gasteiger partial charge in [0.2, 0.25) is 11.8 Å². The lowest BCUT2D eigenvalue weighted by molar-refractivity contribution is -0.148. The monoisotopic (exact) mass is 286 g/mol. The summed E-state index contributed by atoms with van der Waals surface area (Å²) in [6, 6.07) is -0.807. The molecule has 1 saturated heterocycles. The van der Waals surface area contributed by atoms with Crippen molar-refractivity contribution in [2.75, 3.05) is 13.2 Å². The molecule has 1 heterocycles. The van der Waals surface area contributed by atoms with E-state index in [4.69, 9.17) is 4.74 Å². The summed E-state index contributed by atoms with van der Waals surface area (Å²) in [6.45, 7) is 6.94. The molecule has 3 N–H and O–H groups in total. The molecular formula is C13H22N2O5. The maximum Gasteiger partial charge on any atom is 0.331 e. The van der Waals surface area contributed by atoms with E-state index >= 15 is 0 Å². The number of carbonyl (C=O) groups excluding carboxylic acids is 2. The smallest absolute Gasteiger partial charge is 0.331 e. The molecule has 0 aromatic rings. The molecule has 0 bridgehead atoms. The Balaban J connectivity index is 2.66. The maximum atomic E-state index is 12.0. The van der Waals surface area contributed by atoms with Crippen molar-refractivity contribution in [3.05, 3.63) is 0 Å². The van der Waals surface area contributed by atoms with E-state index in [0.29, 0.717) is 0 Å². The van der Waals surface area contributed by atoms with Crippen molar-refractivity contribution in [3.8, 4) is 0 Å². The molecule has 7 heteroatoms. The van der Waals surface area contributed by atoms with Crippen LogP contribution in [-0.2, 0) is 19.1 Å². The molecule has 0 aromatic carbocycles. The Bertz CT molecular complexity index is 407. The summed E-state index contributed by atoms with van der Waals surface area (Å²) >= 11 is 0. The number of hydrogen-bond donors (Lipinski definition) is 3. The first-order valence-corrected chi connectivity index (χ1v) is 6.53. The summed E-state index contributed by atoms with van der Waals surface area (Å²) in [4.78, 5) is 35.1. The molecule has 0 aliphatic carbocycles. The minimum atomic E-state index is -1.39. The second kappa shape index (κ2) is 5.78. The first-order valence-electron chi connectivity index (χ1n) is 6.53. The minimum absolute atomic E-state index is 0.0615. The van der Waals surface area contributed by atoms with Gasteiger partial charge in [-0.3, -0.25) is 9.59 Å². The summed E-state index contributed by atoms with van der Waals surface area (Å²) in [5.41, 5.74) is -2.01. The molecule has 2 atom stereocenters. The zero-order valence-electron chi connectivity index (χ0n) is 12.3. The first kappa shape index (κ1) is 16.4. The van der Waals surface area contributed by atoms with Crippen LogP contribution in [0.5, 0.6) is 0 Å². The zero-order valence-corrected chi connectivity index (χ0v) is 12.3. The van der Waals surface area contributed by atoms with Crippen LogP contribution in [0.1, 0.15) is 34.1 Å². The predicted octanol–water partition coefficient (Wildman–Crippen LogP) is -0.103. The van der Waals surface area contributed by atoms with Crippen molar-refractivity contribution < 1.29 is 24.2 Å². The fourth-order valence-corrected chi connectivity index (χ4v) is 1.71. The summed E-state index contributed by atoms with van der Waals surface area (Å²) in [6.07, 6.45) is 0.216. The average Bonchev–Trinajstić information content (AvgIpc) is 2.77. The quantitative estimate of drug-likeness (QED) is 0.669. The van der Waals surface area contributed by atoms with Gasteiger partial charge < -0.3 is 20.5 Å². The van der Waals surface area contributed by atoms with E-state index in [1.165, 1.54) is 6.92 Å². The van der Waals surface area contributed by atoms with Gasteiger partial charge in [-0.15, -0.1) is 0 Å². The number of ether oxygens (including phenoxy) is 1. The van der Waals surface area contributed by atoms with Gasteiger partial charge in [0.25, 0.3) is 0 Å². The average molecular weight is 286 g/mol. The Labute approximate surface area is 118 Å². The molecule has 114 valence electrons. The SMILES string of the molecule is CC(NC(=O)C(C)(C)C)C(=O)NC1(C(=O)O)CCOC1. The van der Waals surface area contributed by atoms with Gasteiger partial charge in [0.15, 0.2) is 5.54 Å². The summed E-state index contributed by atoms with van der Waals surface area (Å²) < 4.78 is 5.05. The lowest BCUT2D eigenvalue weighted by atomic mass is 9.95. The van der Waals surface area contributed by atoms with Crippen LogP contribution < -0.4 is 10.6 Å². The lowest BCUT2D eigenvalue weighted by Crippen LogP contribution is -2.59. The highest BCUT2D eigenvalue weighted by Gasteiger charge is 2.44. The van der Waals surface area contributed by atoms with E-state index in [2.05, 4.69) is 10.6 Å². The largest absolute Gasteiger partial charge is 0.479 e. The Morgan fingerprint density at radius 3 is 2.30 bits per heavy atom. The van der Waals surface area contributed by atoms with E-state index in [1.54, 1.807) is 20.8 Å². The molecule has 7 nitrogen and oxygen atoms in total. The molecule has 0 spiro atoms. The lowest BCUT2D eigenvalue weighted by Gasteiger charge is -2.27. The second-order valence-electron chi connectivity index (χ2n) is 6.12. The fraction of sp³-hybridized carbons (Fsp3) is 0.769. The van der Waals surface area contributed by atoms with Crippen LogP contribution in [0.2, 0.25) is 0 Å². The van der Waals surface area contributed by atoms with Gasteiger partial charge in [0, 0.05) is 18.4 Å². The maximum absolute atomic E-state index is 12.0. The van der Waals surface area contributed by atoms with E-state index < -0.39 is 28.9 Å². The molecule has 2 unspecified atom stereocenters. The van der Waals surface area contributed by atoms with E-state index in [-0.39, 0.29) is 25.5 Å². The molecule has 1 rings (SSSR count). The minimum Gasteiger partial charge on any atom is -0.479 e. The molecule has 1 aliphatic heterocycles. The van der Waals surface area contributed by atoms with Crippen LogP contribution >= 0.6 is 0 Å². The number of aliphatic carboxylic acids is 1. The van der Waals surface area contributed by atoms with Crippen LogP contribution in [-0.4, -0.2) is 47.7 Å². The predicted molar refractivity (Wildman–Crippen MR) is 71.0 cm³/mol. The van der Waals surface area contributed by atoms with Gasteiger partial charge >= 0.3 is 5.97 Å². The topological polar surface area (TPSA) is 105 Å². The molecule has 1 fully saturated rings. The van der Waals surface area contributed by atoms with Gasteiger partial charge in [-0.1, -0.05) is 20.8 Å². The molecule has 20 heavy (non-hydrogen) atoms. The van der Waals surface area contributed by atoms with Gasteiger partial charge in [0.1, 0.15) is 6.04 Å². The highest BCUT2D eigenvalue weighted by Crippen LogP contribution is 2.19. The van der Waals surface area contributed by atoms with Gasteiger partial charge in [-0.25, -0.2) is 4.79 Å². The Kier molecular flexibility index (Phi) is 4.75. The third kappa shape index (κ3) is 3.69. The normalized spacial score (nSPS) is 24.0. The number of carboxylic acids is 1. The third-order valence-electron chi connectivity index (χ3n) is 3.22. The van der Waals surface area contributed by atoms with Crippen LogP contribution in [0.15, 0.2) is 0 Å².